The third-order valence-corrected chi connectivity index (χ3v) is 4.87. The largest absolute Gasteiger partial charge is 0.354 e. The highest BCUT2D eigenvalue weighted by Crippen LogP contribution is 2.49. The van der Waals surface area contributed by atoms with E-state index < -0.39 is 5.54 Å². The maximum Gasteiger partial charge on any atom is 0.240 e. The zero-order valence-corrected chi connectivity index (χ0v) is 10.7. The van der Waals surface area contributed by atoms with Crippen molar-refractivity contribution in [2.24, 2.45) is 29.4 Å². The minimum Gasteiger partial charge on any atom is -0.354 e. The third-order valence-electron chi connectivity index (χ3n) is 4.87. The molecule has 0 aromatic heterocycles. The number of nitrogens with two attached hydrogens (primary N) is 1. The van der Waals surface area contributed by atoms with Crippen LogP contribution in [-0.4, -0.2) is 18.0 Å². The molecule has 0 saturated heterocycles. The molecule has 1 amide bonds. The molecule has 0 bridgehead atoms. The first-order valence-electron chi connectivity index (χ1n) is 7.16. The van der Waals surface area contributed by atoms with E-state index in [4.69, 9.17) is 5.73 Å². The summed E-state index contributed by atoms with van der Waals surface area (Å²) >= 11 is 0. The molecule has 1 unspecified atom stereocenters. The molecule has 0 radical (unpaired) electrons. The fourth-order valence-corrected chi connectivity index (χ4v) is 3.04. The van der Waals surface area contributed by atoms with E-state index in [1.165, 1.54) is 25.7 Å². The van der Waals surface area contributed by atoms with Gasteiger partial charge in [0.25, 0.3) is 0 Å². The van der Waals surface area contributed by atoms with Gasteiger partial charge in [0.2, 0.25) is 5.91 Å². The molecule has 3 heteroatoms. The number of hydrogen-bond acceptors (Lipinski definition) is 2. The zero-order valence-electron chi connectivity index (χ0n) is 10.7. The highest BCUT2D eigenvalue weighted by atomic mass is 16.2. The number of hydrogen-bond donors (Lipinski definition) is 2. The second kappa shape index (κ2) is 3.98. The molecule has 0 aliphatic heterocycles. The summed E-state index contributed by atoms with van der Waals surface area (Å²) < 4.78 is 0. The minimum absolute atomic E-state index is 0.0753. The van der Waals surface area contributed by atoms with Gasteiger partial charge in [0.1, 0.15) is 0 Å². The lowest BCUT2D eigenvalue weighted by Crippen LogP contribution is -2.54. The van der Waals surface area contributed by atoms with E-state index in [0.717, 1.165) is 37.1 Å². The standard InChI is InChI=1S/C14H24N2O/c1-14(15,11-6-7-11)13(17)16-8-12(9-2-3-9)10-4-5-10/h9-12H,2-8,15H2,1H3,(H,16,17). The Morgan fingerprint density at radius 2 is 1.76 bits per heavy atom. The Labute approximate surface area is 104 Å². The summed E-state index contributed by atoms with van der Waals surface area (Å²) in [6.07, 6.45) is 7.74. The Morgan fingerprint density at radius 1 is 1.24 bits per heavy atom. The first-order valence-corrected chi connectivity index (χ1v) is 7.16. The molecule has 0 aromatic carbocycles. The van der Waals surface area contributed by atoms with E-state index >= 15 is 0 Å². The predicted octanol–water partition coefficient (Wildman–Crippen LogP) is 1.67. The van der Waals surface area contributed by atoms with E-state index in [9.17, 15) is 4.79 Å². The van der Waals surface area contributed by atoms with Crippen LogP contribution in [0.2, 0.25) is 0 Å². The number of rotatable bonds is 6. The fourth-order valence-electron chi connectivity index (χ4n) is 3.04. The third kappa shape index (κ3) is 2.49. The van der Waals surface area contributed by atoms with Crippen LogP contribution in [0.15, 0.2) is 0 Å². The fraction of sp³-hybridized carbons (Fsp3) is 0.929. The van der Waals surface area contributed by atoms with Crippen LogP contribution in [0.4, 0.5) is 0 Å². The average Bonchev–Trinajstić information content (AvgIpc) is 3.15. The van der Waals surface area contributed by atoms with Crippen molar-refractivity contribution in [2.45, 2.75) is 51.0 Å². The van der Waals surface area contributed by atoms with Gasteiger partial charge in [0.05, 0.1) is 5.54 Å². The van der Waals surface area contributed by atoms with Gasteiger partial charge in [-0.15, -0.1) is 0 Å². The van der Waals surface area contributed by atoms with Gasteiger partial charge in [-0.05, 0) is 69.1 Å². The van der Waals surface area contributed by atoms with Crippen LogP contribution >= 0.6 is 0 Å². The summed E-state index contributed by atoms with van der Waals surface area (Å²) in [5.74, 6) is 3.03. The number of nitrogens with one attached hydrogen (secondary N) is 1. The Morgan fingerprint density at radius 3 is 2.18 bits per heavy atom. The first-order chi connectivity index (χ1) is 8.09. The van der Waals surface area contributed by atoms with Crippen LogP contribution in [0.1, 0.15) is 45.4 Å². The molecule has 3 N–H and O–H groups in total. The molecule has 0 heterocycles. The van der Waals surface area contributed by atoms with Crippen molar-refractivity contribution in [3.63, 3.8) is 0 Å². The van der Waals surface area contributed by atoms with Crippen LogP contribution in [0.5, 0.6) is 0 Å². The van der Waals surface area contributed by atoms with Crippen LogP contribution in [0, 0.1) is 23.7 Å². The molecule has 0 aromatic rings. The molecular weight excluding hydrogens is 212 g/mol. The zero-order chi connectivity index (χ0) is 12.0. The highest BCUT2D eigenvalue weighted by Gasteiger charge is 2.45. The highest BCUT2D eigenvalue weighted by molar-refractivity contribution is 5.86. The van der Waals surface area contributed by atoms with Gasteiger partial charge in [-0.3, -0.25) is 4.79 Å². The van der Waals surface area contributed by atoms with Crippen LogP contribution < -0.4 is 11.1 Å². The quantitative estimate of drug-likeness (QED) is 0.737. The summed E-state index contributed by atoms with van der Waals surface area (Å²) in [5, 5.41) is 3.12. The molecule has 3 saturated carbocycles. The second-order valence-electron chi connectivity index (χ2n) is 6.61. The van der Waals surface area contributed by atoms with Crippen LogP contribution in [0.25, 0.3) is 0 Å². The van der Waals surface area contributed by atoms with E-state index in [1.54, 1.807) is 0 Å². The van der Waals surface area contributed by atoms with E-state index in [2.05, 4.69) is 5.32 Å². The normalized spacial score (nSPS) is 27.9. The monoisotopic (exact) mass is 236 g/mol. The van der Waals surface area contributed by atoms with Crippen molar-refractivity contribution in [3.05, 3.63) is 0 Å². The summed E-state index contributed by atoms with van der Waals surface area (Å²) in [6.45, 7) is 2.76. The van der Waals surface area contributed by atoms with Gasteiger partial charge < -0.3 is 11.1 Å². The maximum absolute atomic E-state index is 12.1. The smallest absolute Gasteiger partial charge is 0.240 e. The lowest BCUT2D eigenvalue weighted by Gasteiger charge is -2.25. The van der Waals surface area contributed by atoms with Gasteiger partial charge >= 0.3 is 0 Å². The SMILES string of the molecule is CC(N)(C(=O)NCC(C1CC1)C1CC1)C1CC1. The van der Waals surface area contributed by atoms with E-state index in [1.807, 2.05) is 6.92 Å². The van der Waals surface area contributed by atoms with Crippen molar-refractivity contribution in [1.29, 1.82) is 0 Å². The van der Waals surface area contributed by atoms with E-state index in [0.29, 0.717) is 5.92 Å². The molecule has 17 heavy (non-hydrogen) atoms. The summed E-state index contributed by atoms with van der Waals surface area (Å²) in [5.41, 5.74) is 5.50. The van der Waals surface area contributed by atoms with Crippen LogP contribution in [0.3, 0.4) is 0 Å². The molecule has 3 fully saturated rings. The van der Waals surface area contributed by atoms with Gasteiger partial charge in [-0.1, -0.05) is 0 Å². The van der Waals surface area contributed by atoms with Gasteiger partial charge in [-0.2, -0.15) is 0 Å². The molecule has 3 nitrogen and oxygen atoms in total. The second-order valence-corrected chi connectivity index (χ2v) is 6.61. The Hall–Kier alpha value is -0.570. The van der Waals surface area contributed by atoms with E-state index in [-0.39, 0.29) is 5.91 Å². The molecule has 3 rings (SSSR count). The van der Waals surface area contributed by atoms with Gasteiger partial charge in [0.15, 0.2) is 0 Å². The minimum atomic E-state index is -0.627. The average molecular weight is 236 g/mol. The van der Waals surface area contributed by atoms with Crippen molar-refractivity contribution in [2.75, 3.05) is 6.54 Å². The lowest BCUT2D eigenvalue weighted by molar-refractivity contribution is -0.126. The number of amides is 1. The molecule has 3 aliphatic carbocycles. The molecule has 96 valence electrons. The molecule has 1 atom stereocenters. The molecule has 3 aliphatic rings. The van der Waals surface area contributed by atoms with Crippen molar-refractivity contribution in [1.82, 2.24) is 5.32 Å². The number of carbonyl (C=O) groups is 1. The molecule has 0 spiro atoms. The Balaban J connectivity index is 1.50. The Kier molecular flexibility index (Phi) is 2.69. The van der Waals surface area contributed by atoms with Crippen molar-refractivity contribution < 1.29 is 4.79 Å². The topological polar surface area (TPSA) is 55.1 Å². The lowest BCUT2D eigenvalue weighted by atomic mass is 9.94. The maximum atomic E-state index is 12.1. The van der Waals surface area contributed by atoms with Crippen molar-refractivity contribution >= 4 is 5.91 Å². The summed E-state index contributed by atoms with van der Waals surface area (Å²) in [6, 6.07) is 0. The summed E-state index contributed by atoms with van der Waals surface area (Å²) in [7, 11) is 0. The first kappa shape index (κ1) is 11.5. The number of carbonyl (C=O) groups excluding carboxylic acids is 1. The van der Waals surface area contributed by atoms with Crippen molar-refractivity contribution in [3.8, 4) is 0 Å². The van der Waals surface area contributed by atoms with Crippen LogP contribution in [-0.2, 0) is 4.79 Å². The van der Waals surface area contributed by atoms with Gasteiger partial charge in [-0.25, -0.2) is 0 Å². The Bertz CT molecular complexity index is 302. The summed E-state index contributed by atoms with van der Waals surface area (Å²) in [4.78, 5) is 12.1. The molecular formula is C14H24N2O. The van der Waals surface area contributed by atoms with Gasteiger partial charge in [0, 0.05) is 6.54 Å². The predicted molar refractivity (Wildman–Crippen MR) is 67.3 cm³/mol.